The van der Waals surface area contributed by atoms with E-state index >= 15 is 0 Å². The fraction of sp³-hybridized carbons (Fsp3) is 0.200. The molecule has 0 bridgehead atoms. The van der Waals surface area contributed by atoms with Crippen LogP contribution in [0.2, 0.25) is 0 Å². The molecule has 0 amide bonds. The third-order valence-electron chi connectivity index (χ3n) is 2.21. The summed E-state index contributed by atoms with van der Waals surface area (Å²) in [4.78, 5) is 25.8. The predicted molar refractivity (Wildman–Crippen MR) is 55.3 cm³/mol. The second kappa shape index (κ2) is 3.61. The van der Waals surface area contributed by atoms with Gasteiger partial charge in [-0.15, -0.1) is 4.91 Å². The zero-order chi connectivity index (χ0) is 10.8. The Kier molecular flexibility index (Phi) is 2.29. The molecule has 2 aromatic rings. The van der Waals surface area contributed by atoms with Gasteiger partial charge in [0.25, 0.3) is 0 Å². The minimum Gasteiger partial charge on any atom is -0.297 e. The summed E-state index contributed by atoms with van der Waals surface area (Å²) in [7, 11) is 0. The molecule has 2 rings (SSSR count). The van der Waals surface area contributed by atoms with Crippen molar-refractivity contribution in [2.24, 2.45) is 5.18 Å². The molecule has 0 aliphatic carbocycles. The molecule has 76 valence electrons. The highest BCUT2D eigenvalue weighted by molar-refractivity contribution is 5.94. The SMILES string of the molecule is CCC(=O)c1cnc2cc(N=O)ccn12. The highest BCUT2D eigenvalue weighted by Gasteiger charge is 2.09. The van der Waals surface area contributed by atoms with Crippen LogP contribution in [0.4, 0.5) is 5.69 Å². The molecule has 0 spiro atoms. The number of carbonyl (C=O) groups excluding carboxylic acids is 1. The summed E-state index contributed by atoms with van der Waals surface area (Å²) in [6, 6.07) is 3.09. The summed E-state index contributed by atoms with van der Waals surface area (Å²) in [5.74, 6) is 0.0225. The standard InChI is InChI=1S/C10H9N3O2/c1-2-9(14)8-6-11-10-5-7(12-15)3-4-13(8)10/h3-6H,2H2,1H3. The molecule has 0 N–H and O–H groups in total. The van der Waals surface area contributed by atoms with Gasteiger partial charge < -0.3 is 0 Å². The molecule has 0 fully saturated rings. The summed E-state index contributed by atoms with van der Waals surface area (Å²) in [5.41, 5.74) is 1.40. The molecule has 0 saturated carbocycles. The van der Waals surface area contributed by atoms with Crippen molar-refractivity contribution in [1.29, 1.82) is 0 Å². The van der Waals surface area contributed by atoms with Crippen molar-refractivity contribution in [2.45, 2.75) is 13.3 Å². The van der Waals surface area contributed by atoms with Crippen LogP contribution in [-0.4, -0.2) is 15.2 Å². The van der Waals surface area contributed by atoms with E-state index in [1.807, 2.05) is 0 Å². The van der Waals surface area contributed by atoms with Crippen LogP contribution < -0.4 is 0 Å². The number of aromatic nitrogens is 2. The number of ketones is 1. The van der Waals surface area contributed by atoms with Gasteiger partial charge in [-0.3, -0.25) is 9.20 Å². The van der Waals surface area contributed by atoms with Gasteiger partial charge in [-0.1, -0.05) is 6.92 Å². The Labute approximate surface area is 85.7 Å². The zero-order valence-electron chi connectivity index (χ0n) is 8.17. The van der Waals surface area contributed by atoms with Crippen LogP contribution in [0.5, 0.6) is 0 Å². The van der Waals surface area contributed by atoms with Gasteiger partial charge in [-0.2, -0.15) is 0 Å². The van der Waals surface area contributed by atoms with Gasteiger partial charge in [0.2, 0.25) is 0 Å². The van der Waals surface area contributed by atoms with E-state index in [9.17, 15) is 9.70 Å². The Bertz CT molecular complexity index is 530. The van der Waals surface area contributed by atoms with E-state index < -0.39 is 0 Å². The largest absolute Gasteiger partial charge is 0.297 e. The van der Waals surface area contributed by atoms with Crippen molar-refractivity contribution < 1.29 is 4.79 Å². The second-order valence-corrected chi connectivity index (χ2v) is 3.12. The van der Waals surface area contributed by atoms with E-state index in [-0.39, 0.29) is 5.78 Å². The van der Waals surface area contributed by atoms with Gasteiger partial charge in [0, 0.05) is 18.7 Å². The Morgan fingerprint density at radius 2 is 2.40 bits per heavy atom. The number of carbonyl (C=O) groups is 1. The first-order valence-corrected chi connectivity index (χ1v) is 4.60. The molecule has 0 saturated heterocycles. The van der Waals surface area contributed by atoms with Crippen molar-refractivity contribution in [3.05, 3.63) is 35.1 Å². The van der Waals surface area contributed by atoms with Crippen LogP contribution in [-0.2, 0) is 0 Å². The third-order valence-corrected chi connectivity index (χ3v) is 2.21. The smallest absolute Gasteiger partial charge is 0.180 e. The number of nitroso groups, excluding NO2 is 1. The normalized spacial score (nSPS) is 10.5. The summed E-state index contributed by atoms with van der Waals surface area (Å²) in [6.07, 6.45) is 3.57. The van der Waals surface area contributed by atoms with E-state index in [1.165, 1.54) is 6.20 Å². The van der Waals surface area contributed by atoms with E-state index in [0.717, 1.165) is 0 Å². The van der Waals surface area contributed by atoms with Gasteiger partial charge in [-0.25, -0.2) is 4.98 Å². The molecule has 0 radical (unpaired) electrons. The van der Waals surface area contributed by atoms with E-state index in [2.05, 4.69) is 10.2 Å². The number of hydrogen-bond donors (Lipinski definition) is 0. The second-order valence-electron chi connectivity index (χ2n) is 3.12. The first kappa shape index (κ1) is 9.51. The number of fused-ring (bicyclic) bond motifs is 1. The summed E-state index contributed by atoms with van der Waals surface area (Å²) in [5, 5.41) is 2.81. The summed E-state index contributed by atoms with van der Waals surface area (Å²) < 4.78 is 1.65. The lowest BCUT2D eigenvalue weighted by atomic mass is 10.2. The van der Waals surface area contributed by atoms with Crippen molar-refractivity contribution >= 4 is 17.1 Å². The van der Waals surface area contributed by atoms with Crippen LogP contribution in [0.15, 0.2) is 29.7 Å². The molecule has 0 aromatic carbocycles. The number of pyridine rings is 1. The van der Waals surface area contributed by atoms with Crippen molar-refractivity contribution in [3.63, 3.8) is 0 Å². The summed E-state index contributed by atoms with van der Waals surface area (Å²) in [6.45, 7) is 1.79. The van der Waals surface area contributed by atoms with Crippen molar-refractivity contribution in [2.75, 3.05) is 0 Å². The molecule has 5 heteroatoms. The lowest BCUT2D eigenvalue weighted by Crippen LogP contribution is -2.00. The highest BCUT2D eigenvalue weighted by atomic mass is 16.3. The number of rotatable bonds is 3. The van der Waals surface area contributed by atoms with Crippen molar-refractivity contribution in [1.82, 2.24) is 9.38 Å². The zero-order valence-corrected chi connectivity index (χ0v) is 8.17. The maximum atomic E-state index is 11.5. The maximum Gasteiger partial charge on any atom is 0.180 e. The molecule has 15 heavy (non-hydrogen) atoms. The lowest BCUT2D eigenvalue weighted by Gasteiger charge is -1.98. The fourth-order valence-corrected chi connectivity index (χ4v) is 1.41. The van der Waals surface area contributed by atoms with Gasteiger partial charge in [-0.05, 0) is 11.2 Å². The molecule has 0 aliphatic heterocycles. The Hall–Kier alpha value is -2.04. The van der Waals surface area contributed by atoms with Crippen LogP contribution in [0.1, 0.15) is 23.8 Å². The Morgan fingerprint density at radius 1 is 1.60 bits per heavy atom. The summed E-state index contributed by atoms with van der Waals surface area (Å²) >= 11 is 0. The van der Waals surface area contributed by atoms with Crippen LogP contribution in [0.25, 0.3) is 5.65 Å². The maximum absolute atomic E-state index is 11.5. The number of hydrogen-bond acceptors (Lipinski definition) is 4. The van der Waals surface area contributed by atoms with Crippen molar-refractivity contribution in [3.8, 4) is 0 Å². The van der Waals surface area contributed by atoms with Gasteiger partial charge in [0.05, 0.1) is 6.20 Å². The van der Waals surface area contributed by atoms with Gasteiger partial charge in [0.15, 0.2) is 5.78 Å². The van der Waals surface area contributed by atoms with Crippen LogP contribution in [0, 0.1) is 4.91 Å². The fourth-order valence-electron chi connectivity index (χ4n) is 1.41. The minimum absolute atomic E-state index is 0.0225. The van der Waals surface area contributed by atoms with E-state index in [0.29, 0.717) is 23.4 Å². The average Bonchev–Trinajstić information content (AvgIpc) is 2.70. The first-order valence-electron chi connectivity index (χ1n) is 4.60. The Morgan fingerprint density at radius 3 is 3.07 bits per heavy atom. The monoisotopic (exact) mass is 203 g/mol. The van der Waals surface area contributed by atoms with Gasteiger partial charge >= 0.3 is 0 Å². The molecular weight excluding hydrogens is 194 g/mol. The average molecular weight is 203 g/mol. The number of Topliss-reactive ketones (excluding diaryl/α,β-unsaturated/α-hetero) is 1. The van der Waals surface area contributed by atoms with Crippen LogP contribution >= 0.6 is 0 Å². The minimum atomic E-state index is 0.0225. The molecule has 2 aromatic heterocycles. The molecule has 2 heterocycles. The van der Waals surface area contributed by atoms with Gasteiger partial charge in [0.1, 0.15) is 17.0 Å². The molecular formula is C10H9N3O2. The Balaban J connectivity index is 2.61. The van der Waals surface area contributed by atoms with E-state index in [4.69, 9.17) is 0 Å². The highest BCUT2D eigenvalue weighted by Crippen LogP contribution is 2.16. The molecule has 0 atom stereocenters. The molecule has 0 aliphatic rings. The molecule has 5 nitrogen and oxygen atoms in total. The lowest BCUT2D eigenvalue weighted by molar-refractivity contribution is 0.0982. The quantitative estimate of drug-likeness (QED) is 0.568. The topological polar surface area (TPSA) is 63.8 Å². The van der Waals surface area contributed by atoms with Crippen LogP contribution in [0.3, 0.4) is 0 Å². The molecule has 0 unspecified atom stereocenters. The first-order chi connectivity index (χ1) is 7.26. The third kappa shape index (κ3) is 1.52. The predicted octanol–water partition coefficient (Wildman–Crippen LogP) is 2.32. The number of nitrogens with zero attached hydrogens (tertiary/aromatic N) is 3. The number of imidazole rings is 1. The van der Waals surface area contributed by atoms with E-state index in [1.54, 1.807) is 29.7 Å².